The number of rotatable bonds is 3. The molecule has 0 aromatic heterocycles. The van der Waals surface area contributed by atoms with Gasteiger partial charge in [-0.1, -0.05) is 18.2 Å². The van der Waals surface area contributed by atoms with Gasteiger partial charge in [0.15, 0.2) is 0 Å². The predicted molar refractivity (Wildman–Crippen MR) is 63.0 cm³/mol. The Morgan fingerprint density at radius 3 is 3.06 bits per heavy atom. The summed E-state index contributed by atoms with van der Waals surface area (Å²) in [6, 6.07) is 4.58. The van der Waals surface area contributed by atoms with Crippen molar-refractivity contribution in [3.05, 3.63) is 29.3 Å². The maximum atomic E-state index is 10.7. The van der Waals surface area contributed by atoms with Gasteiger partial charge in [-0.05, 0) is 29.4 Å². The maximum absolute atomic E-state index is 10.7. The van der Waals surface area contributed by atoms with E-state index in [1.807, 2.05) is 12.1 Å². The molecule has 1 heterocycles. The third-order valence-electron chi connectivity index (χ3n) is 2.90. The van der Waals surface area contributed by atoms with Crippen LogP contribution in [0.1, 0.15) is 11.1 Å². The van der Waals surface area contributed by atoms with Crippen molar-refractivity contribution < 1.29 is 19.6 Å². The molecule has 2 rings (SSSR count). The molecule has 0 aliphatic carbocycles. The second-order valence-corrected chi connectivity index (χ2v) is 4.16. The van der Waals surface area contributed by atoms with Crippen LogP contribution in [0.2, 0.25) is 0 Å². The number of hydrogen-bond donors (Lipinski definition) is 3. The van der Waals surface area contributed by atoms with Gasteiger partial charge >= 0.3 is 13.1 Å². The van der Waals surface area contributed by atoms with E-state index >= 15 is 0 Å². The fourth-order valence-electron chi connectivity index (χ4n) is 1.94. The first kappa shape index (κ1) is 12.1. The van der Waals surface area contributed by atoms with E-state index in [9.17, 15) is 9.82 Å². The van der Waals surface area contributed by atoms with Gasteiger partial charge in [0, 0.05) is 6.61 Å². The van der Waals surface area contributed by atoms with E-state index in [-0.39, 0.29) is 6.42 Å². The molecule has 0 fully saturated rings. The van der Waals surface area contributed by atoms with Crippen LogP contribution in [0.4, 0.5) is 0 Å². The molecule has 0 bridgehead atoms. The molecule has 1 aliphatic rings. The van der Waals surface area contributed by atoms with Crippen molar-refractivity contribution in [3.63, 3.8) is 0 Å². The summed E-state index contributed by atoms with van der Waals surface area (Å²) in [6.45, 7) is 0.502. The highest BCUT2D eigenvalue weighted by Gasteiger charge is 2.25. The van der Waals surface area contributed by atoms with Crippen LogP contribution in [0.5, 0.6) is 0 Å². The number of carboxylic acids is 1. The molecule has 6 heteroatoms. The van der Waals surface area contributed by atoms with E-state index in [2.05, 4.69) is 0 Å². The molecule has 0 amide bonds. The Balaban J connectivity index is 2.20. The van der Waals surface area contributed by atoms with Gasteiger partial charge in [0.2, 0.25) is 0 Å². The normalized spacial score (nSPS) is 16.5. The minimum atomic E-state index is -1.03. The van der Waals surface area contributed by atoms with E-state index in [1.54, 1.807) is 6.07 Å². The van der Waals surface area contributed by atoms with Crippen molar-refractivity contribution in [2.24, 2.45) is 5.73 Å². The molecule has 17 heavy (non-hydrogen) atoms. The second kappa shape index (κ2) is 4.87. The zero-order valence-electron chi connectivity index (χ0n) is 9.30. The van der Waals surface area contributed by atoms with Gasteiger partial charge in [-0.25, -0.2) is 0 Å². The Bertz CT molecular complexity index is 437. The van der Waals surface area contributed by atoms with E-state index < -0.39 is 19.1 Å². The number of aliphatic carboxylic acids is 1. The van der Waals surface area contributed by atoms with E-state index in [0.29, 0.717) is 12.1 Å². The van der Waals surface area contributed by atoms with Crippen molar-refractivity contribution in [1.82, 2.24) is 0 Å². The Morgan fingerprint density at radius 1 is 1.59 bits per heavy atom. The minimum Gasteiger partial charge on any atom is -0.480 e. The number of hydrogen-bond acceptors (Lipinski definition) is 4. The number of carbonyl (C=O) groups is 1. The van der Waals surface area contributed by atoms with Gasteiger partial charge in [0.05, 0.1) is 0 Å². The monoisotopic (exact) mass is 235 g/mol. The largest absolute Gasteiger partial charge is 0.491 e. The van der Waals surface area contributed by atoms with Crippen LogP contribution in [-0.4, -0.2) is 35.9 Å². The van der Waals surface area contributed by atoms with Crippen LogP contribution in [0, 0.1) is 0 Å². The summed E-state index contributed by atoms with van der Waals surface area (Å²) in [4.78, 5) is 10.7. The molecule has 4 N–H and O–H groups in total. The molecular formula is C11H14BNO4. The van der Waals surface area contributed by atoms with Gasteiger partial charge in [-0.2, -0.15) is 0 Å². The highest BCUT2D eigenvalue weighted by Crippen LogP contribution is 2.10. The number of fused-ring (bicyclic) bond motifs is 1. The first-order chi connectivity index (χ1) is 8.08. The summed E-state index contributed by atoms with van der Waals surface area (Å²) in [7, 11) is -0.917. The fourth-order valence-corrected chi connectivity index (χ4v) is 1.94. The van der Waals surface area contributed by atoms with Crippen molar-refractivity contribution in [2.75, 3.05) is 6.61 Å². The van der Waals surface area contributed by atoms with Crippen molar-refractivity contribution in [3.8, 4) is 0 Å². The van der Waals surface area contributed by atoms with E-state index in [0.717, 1.165) is 17.5 Å². The third-order valence-corrected chi connectivity index (χ3v) is 2.90. The van der Waals surface area contributed by atoms with Crippen LogP contribution in [0.3, 0.4) is 0 Å². The number of carboxylic acid groups (broad SMARTS) is 1. The van der Waals surface area contributed by atoms with Crippen LogP contribution in [0.15, 0.2) is 18.2 Å². The van der Waals surface area contributed by atoms with Crippen LogP contribution < -0.4 is 11.2 Å². The van der Waals surface area contributed by atoms with E-state index in [4.69, 9.17) is 15.5 Å². The first-order valence-electron chi connectivity index (χ1n) is 5.47. The zero-order valence-corrected chi connectivity index (χ0v) is 9.30. The molecule has 0 radical (unpaired) electrons. The lowest BCUT2D eigenvalue weighted by Gasteiger charge is -2.20. The Hall–Kier alpha value is -1.37. The Morgan fingerprint density at radius 2 is 2.35 bits per heavy atom. The van der Waals surface area contributed by atoms with Crippen molar-refractivity contribution in [1.29, 1.82) is 0 Å². The molecule has 1 aliphatic heterocycles. The SMILES string of the molecule is NC(Cc1ccc2c(c1)B(O)OCC2)C(=O)O. The van der Waals surface area contributed by atoms with Gasteiger partial charge in [-0.3, -0.25) is 4.79 Å². The molecule has 5 nitrogen and oxygen atoms in total. The van der Waals surface area contributed by atoms with Gasteiger partial charge < -0.3 is 20.5 Å². The lowest BCUT2D eigenvalue weighted by molar-refractivity contribution is -0.138. The lowest BCUT2D eigenvalue weighted by Crippen LogP contribution is -2.41. The highest BCUT2D eigenvalue weighted by molar-refractivity contribution is 6.60. The minimum absolute atomic E-state index is 0.245. The van der Waals surface area contributed by atoms with Crippen LogP contribution in [0.25, 0.3) is 0 Å². The number of nitrogens with two attached hydrogens (primary N) is 1. The predicted octanol–water partition coefficient (Wildman–Crippen LogP) is -1.10. The Kier molecular flexibility index (Phi) is 3.47. The third kappa shape index (κ3) is 2.66. The number of benzene rings is 1. The molecular weight excluding hydrogens is 221 g/mol. The van der Waals surface area contributed by atoms with Gasteiger partial charge in [0.1, 0.15) is 6.04 Å². The summed E-state index contributed by atoms with van der Waals surface area (Å²) >= 11 is 0. The average molecular weight is 235 g/mol. The summed E-state index contributed by atoms with van der Waals surface area (Å²) in [6.07, 6.45) is 1.01. The highest BCUT2D eigenvalue weighted by atomic mass is 16.5. The standard InChI is InChI=1S/C11H14BNO4/c13-10(11(14)15)6-7-1-2-8-3-4-17-12(16)9(8)5-7/h1-2,5,10,16H,3-4,6,13H2,(H,14,15). The summed E-state index contributed by atoms with van der Waals surface area (Å²) in [5.41, 5.74) is 8.01. The molecule has 0 saturated carbocycles. The molecule has 1 aromatic rings. The second-order valence-electron chi connectivity index (χ2n) is 4.16. The summed E-state index contributed by atoms with van der Waals surface area (Å²) < 4.78 is 5.12. The van der Waals surface area contributed by atoms with Crippen molar-refractivity contribution in [2.45, 2.75) is 18.9 Å². The lowest BCUT2D eigenvalue weighted by atomic mass is 9.73. The molecule has 0 saturated heterocycles. The van der Waals surface area contributed by atoms with Gasteiger partial charge in [-0.15, -0.1) is 0 Å². The van der Waals surface area contributed by atoms with Crippen molar-refractivity contribution >= 4 is 18.6 Å². The smallest absolute Gasteiger partial charge is 0.480 e. The topological polar surface area (TPSA) is 92.8 Å². The first-order valence-corrected chi connectivity index (χ1v) is 5.47. The summed E-state index contributed by atoms with van der Waals surface area (Å²) in [5, 5.41) is 18.4. The van der Waals surface area contributed by atoms with Crippen LogP contribution in [-0.2, 0) is 22.3 Å². The molecule has 0 spiro atoms. The molecule has 90 valence electrons. The van der Waals surface area contributed by atoms with Gasteiger partial charge in [0.25, 0.3) is 0 Å². The maximum Gasteiger partial charge on any atom is 0.491 e. The Labute approximate surface area is 99.3 Å². The zero-order chi connectivity index (χ0) is 12.4. The molecule has 1 aromatic carbocycles. The molecule has 1 unspecified atom stereocenters. The van der Waals surface area contributed by atoms with Crippen LogP contribution >= 0.6 is 0 Å². The average Bonchev–Trinajstić information content (AvgIpc) is 2.30. The quantitative estimate of drug-likeness (QED) is 0.578. The molecule has 1 atom stereocenters. The fraction of sp³-hybridized carbons (Fsp3) is 0.364. The van der Waals surface area contributed by atoms with E-state index in [1.165, 1.54) is 0 Å². The summed E-state index contributed by atoms with van der Waals surface area (Å²) in [5.74, 6) is -1.03.